The number of aromatic amines is 1. The Morgan fingerprint density at radius 2 is 2.33 bits per heavy atom. The van der Waals surface area contributed by atoms with Crippen molar-refractivity contribution in [2.75, 3.05) is 13.1 Å². The van der Waals surface area contributed by atoms with Gasteiger partial charge in [-0.2, -0.15) is 4.98 Å². The van der Waals surface area contributed by atoms with Gasteiger partial charge in [0.15, 0.2) is 5.82 Å². The van der Waals surface area contributed by atoms with Crippen molar-refractivity contribution >= 4 is 15.9 Å². The van der Waals surface area contributed by atoms with E-state index in [0.29, 0.717) is 30.2 Å². The zero-order valence-electron chi connectivity index (χ0n) is 11.4. The second-order valence-corrected chi connectivity index (χ2v) is 5.91. The van der Waals surface area contributed by atoms with Crippen molar-refractivity contribution in [1.29, 1.82) is 0 Å². The minimum Gasteiger partial charge on any atom is -0.363 e. The van der Waals surface area contributed by atoms with E-state index in [9.17, 15) is 4.79 Å². The van der Waals surface area contributed by atoms with E-state index in [4.69, 9.17) is 9.26 Å². The van der Waals surface area contributed by atoms with Gasteiger partial charge in [0.2, 0.25) is 0 Å². The van der Waals surface area contributed by atoms with Crippen LogP contribution in [-0.4, -0.2) is 34.3 Å². The first-order valence-electron chi connectivity index (χ1n) is 6.67. The van der Waals surface area contributed by atoms with Crippen LogP contribution < -0.4 is 10.9 Å². The summed E-state index contributed by atoms with van der Waals surface area (Å²) in [7, 11) is 0. The second-order valence-electron chi connectivity index (χ2n) is 4.99. The van der Waals surface area contributed by atoms with E-state index in [1.807, 2.05) is 6.92 Å². The Labute approximate surface area is 129 Å². The van der Waals surface area contributed by atoms with Gasteiger partial charge in [-0.25, -0.2) is 0 Å². The van der Waals surface area contributed by atoms with E-state index in [2.05, 4.69) is 36.4 Å². The summed E-state index contributed by atoms with van der Waals surface area (Å²) in [6, 6.07) is 1.75. The van der Waals surface area contributed by atoms with E-state index in [1.54, 1.807) is 12.3 Å². The minimum absolute atomic E-state index is 0.104. The zero-order valence-corrected chi connectivity index (χ0v) is 13.0. The van der Waals surface area contributed by atoms with Gasteiger partial charge in [-0.3, -0.25) is 4.79 Å². The van der Waals surface area contributed by atoms with Gasteiger partial charge < -0.3 is 19.6 Å². The molecule has 0 unspecified atom stereocenters. The number of nitrogens with zero attached hydrogens (tertiary/aromatic N) is 2. The second kappa shape index (κ2) is 6.08. The van der Waals surface area contributed by atoms with Gasteiger partial charge in [-0.05, 0) is 28.9 Å². The van der Waals surface area contributed by atoms with Crippen LogP contribution in [0.25, 0.3) is 0 Å². The highest BCUT2D eigenvalue weighted by molar-refractivity contribution is 9.10. The smallest absolute Gasteiger partial charge is 0.257 e. The van der Waals surface area contributed by atoms with E-state index >= 15 is 0 Å². The van der Waals surface area contributed by atoms with E-state index in [1.165, 1.54) is 0 Å². The minimum atomic E-state index is -0.240. The summed E-state index contributed by atoms with van der Waals surface area (Å²) < 4.78 is 11.8. The summed E-state index contributed by atoms with van der Waals surface area (Å²) in [6.45, 7) is 3.44. The molecule has 0 bridgehead atoms. The molecule has 1 aliphatic rings. The Morgan fingerprint density at radius 3 is 3.14 bits per heavy atom. The number of rotatable bonds is 3. The Bertz CT molecular complexity index is 684. The molecule has 0 saturated carbocycles. The van der Waals surface area contributed by atoms with Crippen molar-refractivity contribution in [3.8, 4) is 0 Å². The number of hydrogen-bond acceptors (Lipinski definition) is 6. The van der Waals surface area contributed by atoms with Crippen LogP contribution in [0.1, 0.15) is 30.3 Å². The largest absolute Gasteiger partial charge is 0.363 e. The molecule has 0 radical (unpaired) electrons. The highest BCUT2D eigenvalue weighted by Crippen LogP contribution is 2.20. The maximum absolute atomic E-state index is 11.7. The van der Waals surface area contributed by atoms with Crippen LogP contribution >= 0.6 is 15.9 Å². The number of halogens is 1. The molecule has 1 saturated heterocycles. The van der Waals surface area contributed by atoms with Gasteiger partial charge in [-0.15, -0.1) is 0 Å². The van der Waals surface area contributed by atoms with E-state index < -0.39 is 0 Å². The highest BCUT2D eigenvalue weighted by Gasteiger charge is 2.25. The molecule has 0 aromatic carbocycles. The van der Waals surface area contributed by atoms with Crippen molar-refractivity contribution < 1.29 is 9.26 Å². The Kier molecular flexibility index (Phi) is 4.18. The molecule has 112 valence electrons. The molecule has 3 rings (SSSR count). The first kappa shape index (κ1) is 14.4. The molecule has 0 spiro atoms. The summed E-state index contributed by atoms with van der Waals surface area (Å²) >= 11 is 3.32. The Morgan fingerprint density at radius 1 is 1.48 bits per heavy atom. The fourth-order valence-corrected chi connectivity index (χ4v) is 2.60. The summed E-state index contributed by atoms with van der Waals surface area (Å²) in [5.74, 6) is 0.908. The standard InChI is InChI=1S/C13H15BrN4O3/c1-7-4-15-6-10(20-7)13-17-11(18-21-13)3-8-2-9(14)5-16-12(8)19/h2,5,7,10,15H,3-4,6H2,1H3,(H,16,19)/t7-,10-/m1/s1. The topological polar surface area (TPSA) is 93.0 Å². The molecule has 1 fully saturated rings. The third-order valence-electron chi connectivity index (χ3n) is 3.21. The Balaban J connectivity index is 1.76. The third-order valence-corrected chi connectivity index (χ3v) is 3.67. The summed E-state index contributed by atoms with van der Waals surface area (Å²) in [4.78, 5) is 18.7. The molecule has 0 aliphatic carbocycles. The lowest BCUT2D eigenvalue weighted by molar-refractivity contribution is -0.0438. The number of aromatic nitrogens is 3. The number of ether oxygens (including phenoxy) is 1. The molecule has 2 aromatic rings. The molecule has 0 amide bonds. The normalized spacial score (nSPS) is 22.4. The molecule has 2 N–H and O–H groups in total. The van der Waals surface area contributed by atoms with Gasteiger partial charge in [0, 0.05) is 35.7 Å². The van der Waals surface area contributed by atoms with Gasteiger partial charge in [0.1, 0.15) is 6.10 Å². The average molecular weight is 355 g/mol. The van der Waals surface area contributed by atoms with Crippen molar-refractivity contribution in [2.24, 2.45) is 0 Å². The van der Waals surface area contributed by atoms with Crippen molar-refractivity contribution in [1.82, 2.24) is 20.4 Å². The lowest BCUT2D eigenvalue weighted by Gasteiger charge is -2.25. The van der Waals surface area contributed by atoms with Crippen LogP contribution in [0.15, 0.2) is 26.1 Å². The van der Waals surface area contributed by atoms with Crippen LogP contribution in [0.2, 0.25) is 0 Å². The first-order chi connectivity index (χ1) is 10.1. The number of pyridine rings is 1. The number of nitrogens with one attached hydrogen (secondary N) is 2. The maximum atomic E-state index is 11.7. The molecule has 7 nitrogen and oxygen atoms in total. The molecular weight excluding hydrogens is 340 g/mol. The van der Waals surface area contributed by atoms with Gasteiger partial charge >= 0.3 is 0 Å². The lowest BCUT2D eigenvalue weighted by atomic mass is 10.2. The average Bonchev–Trinajstić information content (AvgIpc) is 2.91. The molecular formula is C13H15BrN4O3. The van der Waals surface area contributed by atoms with Crippen LogP contribution in [0.3, 0.4) is 0 Å². The van der Waals surface area contributed by atoms with Crippen molar-refractivity contribution in [3.05, 3.63) is 44.4 Å². The number of hydrogen-bond donors (Lipinski definition) is 2. The van der Waals surface area contributed by atoms with E-state index in [-0.39, 0.29) is 17.8 Å². The molecule has 1 aliphatic heterocycles. The van der Waals surface area contributed by atoms with Crippen molar-refractivity contribution in [3.63, 3.8) is 0 Å². The SMILES string of the molecule is C[C@@H]1CNC[C@H](c2nc(Cc3cc(Br)c[nH]c3=O)no2)O1. The van der Waals surface area contributed by atoms with Crippen LogP contribution in [0.4, 0.5) is 0 Å². The summed E-state index contributed by atoms with van der Waals surface area (Å²) in [5, 5.41) is 7.17. The molecule has 2 aromatic heterocycles. The third kappa shape index (κ3) is 3.39. The van der Waals surface area contributed by atoms with Gasteiger partial charge in [-0.1, -0.05) is 5.16 Å². The van der Waals surface area contributed by atoms with E-state index in [0.717, 1.165) is 11.0 Å². The summed E-state index contributed by atoms with van der Waals surface area (Å²) in [5.41, 5.74) is 0.418. The zero-order chi connectivity index (χ0) is 14.8. The number of morpholine rings is 1. The highest BCUT2D eigenvalue weighted by atomic mass is 79.9. The van der Waals surface area contributed by atoms with Gasteiger partial charge in [0.05, 0.1) is 6.10 Å². The number of H-pyrrole nitrogens is 1. The first-order valence-corrected chi connectivity index (χ1v) is 7.47. The maximum Gasteiger partial charge on any atom is 0.257 e. The fraction of sp³-hybridized carbons (Fsp3) is 0.462. The summed E-state index contributed by atoms with van der Waals surface area (Å²) in [6.07, 6.45) is 1.77. The molecule has 2 atom stereocenters. The predicted molar refractivity (Wildman–Crippen MR) is 78.0 cm³/mol. The fourth-order valence-electron chi connectivity index (χ4n) is 2.21. The quantitative estimate of drug-likeness (QED) is 0.858. The lowest BCUT2D eigenvalue weighted by Crippen LogP contribution is -2.39. The molecule has 3 heterocycles. The van der Waals surface area contributed by atoms with Crippen LogP contribution in [0.5, 0.6) is 0 Å². The molecule has 21 heavy (non-hydrogen) atoms. The van der Waals surface area contributed by atoms with Gasteiger partial charge in [0.25, 0.3) is 11.4 Å². The van der Waals surface area contributed by atoms with Crippen LogP contribution in [0, 0.1) is 0 Å². The monoisotopic (exact) mass is 354 g/mol. The Hall–Kier alpha value is -1.51. The predicted octanol–water partition coefficient (Wildman–Crippen LogP) is 1.16. The van der Waals surface area contributed by atoms with Crippen molar-refractivity contribution in [2.45, 2.75) is 25.6 Å². The molecule has 8 heteroatoms. The van der Waals surface area contributed by atoms with Crippen LogP contribution in [-0.2, 0) is 11.2 Å².